The molecule has 0 aliphatic rings. The van der Waals surface area contributed by atoms with Gasteiger partial charge >= 0.3 is 0 Å². The zero-order valence-electron chi connectivity index (χ0n) is 8.92. The Labute approximate surface area is 97.6 Å². The third-order valence-electron chi connectivity index (χ3n) is 2.32. The van der Waals surface area contributed by atoms with Crippen molar-refractivity contribution in [3.63, 3.8) is 0 Å². The van der Waals surface area contributed by atoms with Crippen LogP contribution in [0.15, 0.2) is 18.2 Å². The summed E-state index contributed by atoms with van der Waals surface area (Å²) in [4.78, 5) is 9.82. The van der Waals surface area contributed by atoms with Gasteiger partial charge in [-0.05, 0) is 31.7 Å². The summed E-state index contributed by atoms with van der Waals surface area (Å²) in [5.41, 5.74) is 4.34. The Balaban J connectivity index is 2.30. The molecule has 0 radical (unpaired) electrons. The standard InChI is InChI=1S/C11H14BrN3/c1-8-13-10-4-3-9(5-11(10)14-8)6-15(2)7-12/h3-5H,6-7H2,1-2H3,(H,13,14). The van der Waals surface area contributed by atoms with Crippen LogP contribution in [0.1, 0.15) is 11.4 Å². The highest BCUT2D eigenvalue weighted by atomic mass is 79.9. The summed E-state index contributed by atoms with van der Waals surface area (Å²) in [7, 11) is 2.08. The van der Waals surface area contributed by atoms with E-state index >= 15 is 0 Å². The number of aromatic amines is 1. The maximum Gasteiger partial charge on any atom is 0.104 e. The molecule has 0 unspecified atom stereocenters. The van der Waals surface area contributed by atoms with Crippen molar-refractivity contribution in [3.8, 4) is 0 Å². The Hall–Kier alpha value is -0.870. The molecule has 15 heavy (non-hydrogen) atoms. The molecular formula is C11H14BrN3. The monoisotopic (exact) mass is 267 g/mol. The maximum absolute atomic E-state index is 4.38. The first kappa shape index (κ1) is 10.6. The molecule has 0 spiro atoms. The van der Waals surface area contributed by atoms with Crippen molar-refractivity contribution in [2.75, 3.05) is 12.5 Å². The molecule has 1 aromatic carbocycles. The molecular weight excluding hydrogens is 254 g/mol. The van der Waals surface area contributed by atoms with Gasteiger partial charge in [0.2, 0.25) is 0 Å². The summed E-state index contributed by atoms with van der Waals surface area (Å²) in [6, 6.07) is 6.35. The molecule has 3 nitrogen and oxygen atoms in total. The molecule has 0 saturated carbocycles. The van der Waals surface area contributed by atoms with Gasteiger partial charge in [0.25, 0.3) is 0 Å². The van der Waals surface area contributed by atoms with Crippen LogP contribution in [-0.2, 0) is 6.54 Å². The molecule has 0 fully saturated rings. The molecule has 4 heteroatoms. The van der Waals surface area contributed by atoms with E-state index in [0.29, 0.717) is 0 Å². The Morgan fingerprint density at radius 2 is 2.27 bits per heavy atom. The molecule has 0 bridgehead atoms. The number of aryl methyl sites for hydroxylation is 1. The number of hydrogen-bond acceptors (Lipinski definition) is 2. The number of H-pyrrole nitrogens is 1. The summed E-state index contributed by atoms with van der Waals surface area (Å²) in [6.07, 6.45) is 0. The highest BCUT2D eigenvalue weighted by Crippen LogP contribution is 2.14. The summed E-state index contributed by atoms with van der Waals surface area (Å²) >= 11 is 3.43. The molecule has 0 atom stereocenters. The Morgan fingerprint density at radius 1 is 1.47 bits per heavy atom. The van der Waals surface area contributed by atoms with E-state index < -0.39 is 0 Å². The number of imidazole rings is 1. The lowest BCUT2D eigenvalue weighted by molar-refractivity contribution is 0.390. The highest BCUT2D eigenvalue weighted by Gasteiger charge is 2.02. The van der Waals surface area contributed by atoms with Gasteiger partial charge in [-0.15, -0.1) is 0 Å². The molecule has 2 aromatic rings. The number of nitrogens with one attached hydrogen (secondary N) is 1. The van der Waals surface area contributed by atoms with Crippen molar-refractivity contribution in [3.05, 3.63) is 29.6 Å². The third kappa shape index (κ3) is 2.38. The van der Waals surface area contributed by atoms with E-state index in [4.69, 9.17) is 0 Å². The first-order chi connectivity index (χ1) is 7.19. The van der Waals surface area contributed by atoms with Crippen molar-refractivity contribution in [2.24, 2.45) is 0 Å². The van der Waals surface area contributed by atoms with Crippen molar-refractivity contribution < 1.29 is 0 Å². The van der Waals surface area contributed by atoms with E-state index in [2.05, 4.69) is 56.0 Å². The fourth-order valence-electron chi connectivity index (χ4n) is 1.64. The Morgan fingerprint density at radius 3 is 3.00 bits per heavy atom. The number of nitrogens with zero attached hydrogens (tertiary/aromatic N) is 2. The van der Waals surface area contributed by atoms with E-state index in [1.807, 2.05) is 6.92 Å². The summed E-state index contributed by atoms with van der Waals surface area (Å²) < 4.78 is 0. The number of benzene rings is 1. The van der Waals surface area contributed by atoms with E-state index in [0.717, 1.165) is 28.9 Å². The molecule has 0 saturated heterocycles. The smallest absolute Gasteiger partial charge is 0.104 e. The molecule has 2 rings (SSSR count). The van der Waals surface area contributed by atoms with Gasteiger partial charge in [-0.1, -0.05) is 22.0 Å². The van der Waals surface area contributed by atoms with Crippen molar-refractivity contribution in [2.45, 2.75) is 13.5 Å². The molecule has 0 aliphatic carbocycles. The van der Waals surface area contributed by atoms with Crippen LogP contribution in [-0.4, -0.2) is 27.4 Å². The minimum Gasteiger partial charge on any atom is -0.342 e. The van der Waals surface area contributed by atoms with Gasteiger partial charge in [0.1, 0.15) is 5.82 Å². The van der Waals surface area contributed by atoms with Crippen LogP contribution in [0.2, 0.25) is 0 Å². The second-order valence-electron chi connectivity index (χ2n) is 3.81. The second-order valence-corrected chi connectivity index (χ2v) is 4.31. The van der Waals surface area contributed by atoms with E-state index in [-0.39, 0.29) is 0 Å². The van der Waals surface area contributed by atoms with Crippen LogP contribution in [0.3, 0.4) is 0 Å². The van der Waals surface area contributed by atoms with E-state index in [1.54, 1.807) is 0 Å². The lowest BCUT2D eigenvalue weighted by Crippen LogP contribution is -2.14. The van der Waals surface area contributed by atoms with E-state index in [1.165, 1.54) is 5.56 Å². The molecule has 1 N–H and O–H groups in total. The molecule has 0 amide bonds. The van der Waals surface area contributed by atoms with Gasteiger partial charge in [-0.3, -0.25) is 4.90 Å². The van der Waals surface area contributed by atoms with Crippen LogP contribution in [0.25, 0.3) is 11.0 Å². The summed E-state index contributed by atoms with van der Waals surface area (Å²) in [5.74, 6) is 0.969. The predicted octanol–water partition coefficient (Wildman–Crippen LogP) is 2.66. The fraction of sp³-hybridized carbons (Fsp3) is 0.364. The number of aromatic nitrogens is 2. The van der Waals surface area contributed by atoms with Crippen molar-refractivity contribution >= 4 is 27.0 Å². The molecule has 1 aromatic heterocycles. The van der Waals surface area contributed by atoms with Crippen LogP contribution < -0.4 is 0 Å². The number of halogens is 1. The molecule has 0 aliphatic heterocycles. The average molecular weight is 268 g/mol. The zero-order valence-corrected chi connectivity index (χ0v) is 10.5. The van der Waals surface area contributed by atoms with Crippen LogP contribution in [0.5, 0.6) is 0 Å². The maximum atomic E-state index is 4.38. The van der Waals surface area contributed by atoms with Gasteiger partial charge in [0.05, 0.1) is 16.5 Å². The minimum atomic E-state index is 0.882. The van der Waals surface area contributed by atoms with Gasteiger partial charge in [-0.2, -0.15) is 0 Å². The normalized spacial score (nSPS) is 11.5. The van der Waals surface area contributed by atoms with Crippen LogP contribution in [0.4, 0.5) is 0 Å². The lowest BCUT2D eigenvalue weighted by atomic mass is 10.2. The average Bonchev–Trinajstić information content (AvgIpc) is 2.57. The van der Waals surface area contributed by atoms with E-state index in [9.17, 15) is 0 Å². The summed E-state index contributed by atoms with van der Waals surface area (Å²) in [5, 5.41) is 0. The number of fused-ring (bicyclic) bond motifs is 1. The SMILES string of the molecule is Cc1nc2ccc(CN(C)CBr)cc2[nH]1. The van der Waals surface area contributed by atoms with Gasteiger partial charge in [-0.25, -0.2) is 4.98 Å². The van der Waals surface area contributed by atoms with Crippen molar-refractivity contribution in [1.29, 1.82) is 0 Å². The lowest BCUT2D eigenvalue weighted by Gasteiger charge is -2.12. The molecule has 1 heterocycles. The first-order valence-electron chi connectivity index (χ1n) is 4.89. The van der Waals surface area contributed by atoms with Crippen LogP contribution >= 0.6 is 15.9 Å². The summed E-state index contributed by atoms with van der Waals surface area (Å²) in [6.45, 7) is 2.92. The Kier molecular flexibility index (Phi) is 3.07. The third-order valence-corrected chi connectivity index (χ3v) is 3.18. The number of alkyl halides is 1. The van der Waals surface area contributed by atoms with Gasteiger partial charge < -0.3 is 4.98 Å². The predicted molar refractivity (Wildman–Crippen MR) is 66.1 cm³/mol. The fourth-order valence-corrected chi connectivity index (χ4v) is 1.81. The van der Waals surface area contributed by atoms with Crippen LogP contribution in [0, 0.1) is 6.92 Å². The minimum absolute atomic E-state index is 0.882. The van der Waals surface area contributed by atoms with Gasteiger partial charge in [0.15, 0.2) is 0 Å². The molecule has 80 valence electrons. The number of rotatable bonds is 3. The highest BCUT2D eigenvalue weighted by molar-refractivity contribution is 9.09. The topological polar surface area (TPSA) is 31.9 Å². The zero-order chi connectivity index (χ0) is 10.8. The van der Waals surface area contributed by atoms with Gasteiger partial charge in [0, 0.05) is 6.54 Å². The first-order valence-corrected chi connectivity index (χ1v) is 6.01. The largest absolute Gasteiger partial charge is 0.342 e. The van der Waals surface area contributed by atoms with Crippen molar-refractivity contribution in [1.82, 2.24) is 14.9 Å². The number of hydrogen-bond donors (Lipinski definition) is 1. The Bertz CT molecular complexity index is 464. The second kappa shape index (κ2) is 4.33. The quantitative estimate of drug-likeness (QED) is 0.685.